The summed E-state index contributed by atoms with van der Waals surface area (Å²) in [7, 11) is -0.140. The summed E-state index contributed by atoms with van der Waals surface area (Å²) in [5.74, 6) is -1.38. The quantitative estimate of drug-likeness (QED) is 0.325. The second-order valence-corrected chi connectivity index (χ2v) is 12.3. The predicted molar refractivity (Wildman–Crippen MR) is 106 cm³/mol. The first kappa shape index (κ1) is 23.1. The van der Waals surface area contributed by atoms with Crippen LogP contribution in [0.1, 0.15) is 18.9 Å². The summed E-state index contributed by atoms with van der Waals surface area (Å²) in [4.78, 5) is 23.1. The molecule has 0 fully saturated rings. The molecular weight excluding hydrogens is 364 g/mol. The Hall–Kier alpha value is -1.96. The van der Waals surface area contributed by atoms with Crippen LogP contribution < -0.4 is 0 Å². The van der Waals surface area contributed by atoms with Gasteiger partial charge in [0.15, 0.2) is 0 Å². The van der Waals surface area contributed by atoms with E-state index in [9.17, 15) is 9.59 Å². The molecule has 2 unspecified atom stereocenters. The lowest BCUT2D eigenvalue weighted by molar-refractivity contribution is -0.210. The van der Waals surface area contributed by atoms with E-state index in [1.807, 2.05) is 36.4 Å². The molecule has 0 aromatic heterocycles. The Bertz CT molecular complexity index is 609. The number of rotatable bonds is 11. The van der Waals surface area contributed by atoms with Crippen LogP contribution in [0.2, 0.25) is 19.6 Å². The summed E-state index contributed by atoms with van der Waals surface area (Å²) in [5.41, 5.74) is 3.23. The molecule has 1 aromatic carbocycles. The van der Waals surface area contributed by atoms with E-state index in [0.717, 1.165) is 5.56 Å². The standard InChI is InChI=1S/C20H30O6Si/c1-16(21)25-20(19(22)23-2)26-18(12-9-13-27(3,4)5)15-24-14-17-10-7-6-8-11-17/h6-11,13,18,20H,12,14-15H2,1-5H3/b13-9-. The Morgan fingerprint density at radius 1 is 1.15 bits per heavy atom. The molecule has 0 saturated carbocycles. The van der Waals surface area contributed by atoms with Crippen LogP contribution in [0.3, 0.4) is 0 Å². The number of esters is 2. The number of methoxy groups -OCH3 is 1. The lowest BCUT2D eigenvalue weighted by atomic mass is 10.2. The van der Waals surface area contributed by atoms with Crippen LogP contribution >= 0.6 is 0 Å². The Morgan fingerprint density at radius 3 is 2.37 bits per heavy atom. The van der Waals surface area contributed by atoms with Crippen LogP contribution in [-0.4, -0.2) is 46.1 Å². The molecule has 0 radical (unpaired) electrons. The first-order valence-electron chi connectivity index (χ1n) is 8.91. The maximum atomic E-state index is 11.8. The average molecular weight is 395 g/mol. The third-order valence-corrected chi connectivity index (χ3v) is 4.65. The highest BCUT2D eigenvalue weighted by molar-refractivity contribution is 6.80. The number of hydrogen-bond donors (Lipinski definition) is 0. The van der Waals surface area contributed by atoms with Crippen molar-refractivity contribution >= 4 is 20.0 Å². The second kappa shape index (κ2) is 11.7. The lowest BCUT2D eigenvalue weighted by Gasteiger charge is -2.22. The number of hydrogen-bond acceptors (Lipinski definition) is 6. The molecule has 2 atom stereocenters. The largest absolute Gasteiger partial charge is 0.464 e. The summed E-state index contributed by atoms with van der Waals surface area (Å²) in [6.45, 7) is 8.56. The Labute approximate surface area is 162 Å². The number of benzene rings is 1. The summed E-state index contributed by atoms with van der Waals surface area (Å²) in [6, 6.07) is 9.76. The monoisotopic (exact) mass is 394 g/mol. The van der Waals surface area contributed by atoms with Gasteiger partial charge in [0.05, 0.1) is 34.5 Å². The SMILES string of the molecule is COC(=O)C(OC(C)=O)OC(C/C=C\[Si](C)(C)C)COCc1ccccc1. The van der Waals surface area contributed by atoms with Gasteiger partial charge in [-0.3, -0.25) is 4.79 Å². The number of carbonyl (C=O) groups is 2. The van der Waals surface area contributed by atoms with Gasteiger partial charge in [-0.25, -0.2) is 4.79 Å². The third kappa shape index (κ3) is 10.7. The topological polar surface area (TPSA) is 71.1 Å². The third-order valence-electron chi connectivity index (χ3n) is 3.41. The van der Waals surface area contributed by atoms with Crippen LogP contribution in [0.15, 0.2) is 42.1 Å². The van der Waals surface area contributed by atoms with Gasteiger partial charge in [0.25, 0.3) is 0 Å². The van der Waals surface area contributed by atoms with E-state index in [4.69, 9.17) is 14.2 Å². The summed E-state index contributed by atoms with van der Waals surface area (Å²) >= 11 is 0. The molecule has 0 heterocycles. The van der Waals surface area contributed by atoms with Gasteiger partial charge < -0.3 is 18.9 Å². The van der Waals surface area contributed by atoms with Crippen molar-refractivity contribution in [2.24, 2.45) is 0 Å². The number of ether oxygens (including phenoxy) is 4. The molecule has 0 amide bonds. The fourth-order valence-corrected chi connectivity index (χ4v) is 3.02. The maximum absolute atomic E-state index is 11.8. The fraction of sp³-hybridized carbons (Fsp3) is 0.500. The summed E-state index contributed by atoms with van der Waals surface area (Å²) in [6.07, 6.45) is 0.710. The molecule has 6 nitrogen and oxygen atoms in total. The molecule has 150 valence electrons. The Kier molecular flexibility index (Phi) is 9.99. The van der Waals surface area contributed by atoms with Crippen molar-refractivity contribution in [3.05, 3.63) is 47.7 Å². The molecule has 0 N–H and O–H groups in total. The van der Waals surface area contributed by atoms with Gasteiger partial charge in [-0.15, -0.1) is 0 Å². The molecule has 0 saturated heterocycles. The zero-order chi connectivity index (χ0) is 20.3. The van der Waals surface area contributed by atoms with Crippen molar-refractivity contribution in [3.8, 4) is 0 Å². The molecule has 0 aliphatic rings. The van der Waals surface area contributed by atoms with E-state index < -0.39 is 32.4 Å². The molecule has 1 rings (SSSR count). The number of carbonyl (C=O) groups excluding carboxylic acids is 2. The van der Waals surface area contributed by atoms with Gasteiger partial charge >= 0.3 is 18.2 Å². The minimum absolute atomic E-state index is 0.250. The zero-order valence-electron chi connectivity index (χ0n) is 16.8. The molecule has 27 heavy (non-hydrogen) atoms. The zero-order valence-corrected chi connectivity index (χ0v) is 17.8. The second-order valence-electron chi connectivity index (χ2n) is 7.23. The Morgan fingerprint density at radius 2 is 1.81 bits per heavy atom. The van der Waals surface area contributed by atoms with E-state index in [-0.39, 0.29) is 6.61 Å². The normalized spacial score (nSPS) is 14.0. The van der Waals surface area contributed by atoms with E-state index in [2.05, 4.69) is 30.1 Å². The first-order valence-corrected chi connectivity index (χ1v) is 12.5. The highest BCUT2D eigenvalue weighted by Crippen LogP contribution is 2.12. The van der Waals surface area contributed by atoms with Crippen molar-refractivity contribution in [1.82, 2.24) is 0 Å². The van der Waals surface area contributed by atoms with Crippen LogP contribution in [0, 0.1) is 0 Å². The minimum atomic E-state index is -1.40. The summed E-state index contributed by atoms with van der Waals surface area (Å²) in [5, 5.41) is 0. The molecule has 1 aromatic rings. The van der Waals surface area contributed by atoms with Gasteiger partial charge in [-0.2, -0.15) is 0 Å². The van der Waals surface area contributed by atoms with Gasteiger partial charge in [0, 0.05) is 6.92 Å². The van der Waals surface area contributed by atoms with E-state index in [1.54, 1.807) is 0 Å². The van der Waals surface area contributed by atoms with E-state index in [0.29, 0.717) is 13.0 Å². The summed E-state index contributed by atoms with van der Waals surface area (Å²) < 4.78 is 21.0. The van der Waals surface area contributed by atoms with Gasteiger partial charge in [0.1, 0.15) is 0 Å². The molecule has 0 spiro atoms. The molecular formula is C20H30O6Si. The smallest absolute Gasteiger partial charge is 0.376 e. The van der Waals surface area contributed by atoms with Crippen molar-refractivity contribution in [1.29, 1.82) is 0 Å². The van der Waals surface area contributed by atoms with Crippen LogP contribution in [0.25, 0.3) is 0 Å². The van der Waals surface area contributed by atoms with E-state index in [1.165, 1.54) is 14.0 Å². The molecule has 0 aliphatic carbocycles. The molecule has 0 aliphatic heterocycles. The Balaban J connectivity index is 2.73. The lowest BCUT2D eigenvalue weighted by Crippen LogP contribution is -2.36. The molecule has 0 bridgehead atoms. The van der Waals surface area contributed by atoms with Crippen LogP contribution in [-0.2, 0) is 35.1 Å². The first-order chi connectivity index (χ1) is 12.7. The van der Waals surface area contributed by atoms with E-state index >= 15 is 0 Å². The minimum Gasteiger partial charge on any atom is -0.464 e. The highest BCUT2D eigenvalue weighted by Gasteiger charge is 2.27. The van der Waals surface area contributed by atoms with Crippen molar-refractivity contribution in [2.75, 3.05) is 13.7 Å². The van der Waals surface area contributed by atoms with Crippen LogP contribution in [0.4, 0.5) is 0 Å². The van der Waals surface area contributed by atoms with Crippen molar-refractivity contribution < 1.29 is 28.5 Å². The van der Waals surface area contributed by atoms with Gasteiger partial charge in [-0.05, 0) is 12.0 Å². The van der Waals surface area contributed by atoms with Crippen molar-refractivity contribution in [3.63, 3.8) is 0 Å². The van der Waals surface area contributed by atoms with Gasteiger partial charge in [0.2, 0.25) is 0 Å². The maximum Gasteiger partial charge on any atom is 0.376 e. The predicted octanol–water partition coefficient (Wildman–Crippen LogP) is 3.47. The molecule has 7 heteroatoms. The van der Waals surface area contributed by atoms with Gasteiger partial charge in [-0.1, -0.05) is 61.7 Å². The average Bonchev–Trinajstić information content (AvgIpc) is 2.59. The van der Waals surface area contributed by atoms with Crippen LogP contribution in [0.5, 0.6) is 0 Å². The highest BCUT2D eigenvalue weighted by atomic mass is 28.3. The van der Waals surface area contributed by atoms with Crippen molar-refractivity contribution in [2.45, 2.75) is 52.0 Å². The fourth-order valence-electron chi connectivity index (χ4n) is 2.17.